The van der Waals surface area contributed by atoms with Gasteiger partial charge in [-0.15, -0.1) is 0 Å². The number of nitrogens with two attached hydrogens (primary N) is 1. The summed E-state index contributed by atoms with van der Waals surface area (Å²) in [6, 6.07) is 8.32. The minimum absolute atomic E-state index is 0.0640. The predicted octanol–water partition coefficient (Wildman–Crippen LogP) is 2.56. The largest absolute Gasteiger partial charge is 0.327 e. The van der Waals surface area contributed by atoms with Gasteiger partial charge < -0.3 is 5.73 Å². The van der Waals surface area contributed by atoms with Crippen LogP contribution in [0.3, 0.4) is 0 Å². The Hall–Kier alpha value is -1.20. The molecule has 1 heterocycles. The highest BCUT2D eigenvalue weighted by Crippen LogP contribution is 2.13. The van der Waals surface area contributed by atoms with Crippen LogP contribution in [0.25, 0.3) is 0 Å². The van der Waals surface area contributed by atoms with Gasteiger partial charge >= 0.3 is 0 Å². The quantitative estimate of drug-likeness (QED) is 0.889. The van der Waals surface area contributed by atoms with E-state index < -0.39 is 0 Å². The van der Waals surface area contributed by atoms with E-state index in [1.807, 2.05) is 16.8 Å². The maximum absolute atomic E-state index is 6.22. The second-order valence-corrected chi connectivity index (χ2v) is 5.61. The molecule has 1 aromatic carbocycles. The molecular formula is C14H19BrN4. The van der Waals surface area contributed by atoms with Crippen molar-refractivity contribution in [3.8, 4) is 0 Å². The fraction of sp³-hybridized carbons (Fsp3) is 0.429. The van der Waals surface area contributed by atoms with Crippen molar-refractivity contribution < 1.29 is 0 Å². The molecule has 1 atom stereocenters. The van der Waals surface area contributed by atoms with Gasteiger partial charge in [-0.1, -0.05) is 35.0 Å². The van der Waals surface area contributed by atoms with E-state index in [4.69, 9.17) is 5.73 Å². The van der Waals surface area contributed by atoms with Gasteiger partial charge in [0.2, 0.25) is 0 Å². The van der Waals surface area contributed by atoms with Crippen molar-refractivity contribution in [3.63, 3.8) is 0 Å². The normalized spacial score (nSPS) is 12.6. The maximum Gasteiger partial charge on any atom is 0.138 e. The van der Waals surface area contributed by atoms with Crippen LogP contribution < -0.4 is 5.73 Å². The third kappa shape index (κ3) is 4.14. The average Bonchev–Trinajstić information content (AvgIpc) is 2.77. The molecule has 0 saturated heterocycles. The van der Waals surface area contributed by atoms with Gasteiger partial charge in [0.25, 0.3) is 0 Å². The third-order valence-corrected chi connectivity index (χ3v) is 3.46. The highest BCUT2D eigenvalue weighted by atomic mass is 79.9. The summed E-state index contributed by atoms with van der Waals surface area (Å²) in [5.74, 6) is 0.976. The predicted molar refractivity (Wildman–Crippen MR) is 79.8 cm³/mol. The highest BCUT2D eigenvalue weighted by molar-refractivity contribution is 9.10. The molecule has 2 aromatic rings. The summed E-state index contributed by atoms with van der Waals surface area (Å²) < 4.78 is 3.03. The van der Waals surface area contributed by atoms with Crippen LogP contribution in [0.15, 0.2) is 35.1 Å². The Morgan fingerprint density at radius 2 is 2.21 bits per heavy atom. The third-order valence-electron chi connectivity index (χ3n) is 2.96. The van der Waals surface area contributed by atoms with Gasteiger partial charge in [-0.3, -0.25) is 4.68 Å². The zero-order valence-corrected chi connectivity index (χ0v) is 12.7. The minimum Gasteiger partial charge on any atom is -0.327 e. The molecule has 19 heavy (non-hydrogen) atoms. The van der Waals surface area contributed by atoms with Gasteiger partial charge in [0.05, 0.1) is 0 Å². The molecule has 0 aliphatic rings. The molecule has 0 aliphatic heterocycles. The van der Waals surface area contributed by atoms with Crippen molar-refractivity contribution in [1.29, 1.82) is 0 Å². The number of hydrogen-bond donors (Lipinski definition) is 1. The molecule has 1 aromatic heterocycles. The lowest BCUT2D eigenvalue weighted by molar-refractivity contribution is 0.540. The van der Waals surface area contributed by atoms with Gasteiger partial charge in [-0.05, 0) is 30.5 Å². The number of nitrogens with zero attached hydrogens (tertiary/aromatic N) is 3. The number of aryl methyl sites for hydroxylation is 1. The first-order valence-corrected chi connectivity index (χ1v) is 7.35. The van der Waals surface area contributed by atoms with Crippen molar-refractivity contribution in [1.82, 2.24) is 14.8 Å². The fourth-order valence-electron chi connectivity index (χ4n) is 2.12. The van der Waals surface area contributed by atoms with E-state index in [1.54, 1.807) is 6.33 Å². The molecule has 0 fully saturated rings. The van der Waals surface area contributed by atoms with Crippen LogP contribution >= 0.6 is 15.9 Å². The lowest BCUT2D eigenvalue weighted by Crippen LogP contribution is -2.27. The molecule has 5 heteroatoms. The van der Waals surface area contributed by atoms with E-state index >= 15 is 0 Å². The second-order valence-electron chi connectivity index (χ2n) is 4.70. The summed E-state index contributed by atoms with van der Waals surface area (Å²) in [7, 11) is 0. The maximum atomic E-state index is 6.22. The van der Waals surface area contributed by atoms with Gasteiger partial charge in [0, 0.05) is 23.5 Å². The summed E-state index contributed by atoms with van der Waals surface area (Å²) in [4.78, 5) is 4.30. The molecule has 102 valence electrons. The summed E-state index contributed by atoms with van der Waals surface area (Å²) in [6.45, 7) is 3.03. The van der Waals surface area contributed by atoms with Gasteiger partial charge in [-0.2, -0.15) is 5.10 Å². The Morgan fingerprint density at radius 3 is 2.95 bits per heavy atom. The second kappa shape index (κ2) is 6.82. The molecule has 4 nitrogen and oxygen atoms in total. The Labute approximate surface area is 122 Å². The number of benzene rings is 1. The SMILES string of the molecule is CCCn1ncnc1CC(N)Cc1cccc(Br)c1. The molecule has 0 amide bonds. The Kier molecular flexibility index (Phi) is 5.10. The molecule has 2 rings (SSSR count). The summed E-state index contributed by atoms with van der Waals surface area (Å²) in [5, 5.41) is 4.22. The number of halogens is 1. The number of rotatable bonds is 6. The van der Waals surface area contributed by atoms with Crippen molar-refractivity contribution >= 4 is 15.9 Å². The Balaban J connectivity index is 1.97. The molecule has 0 bridgehead atoms. The topological polar surface area (TPSA) is 56.7 Å². The smallest absolute Gasteiger partial charge is 0.138 e. The van der Waals surface area contributed by atoms with Gasteiger partial charge in [0.15, 0.2) is 0 Å². The highest BCUT2D eigenvalue weighted by Gasteiger charge is 2.10. The van der Waals surface area contributed by atoms with Crippen LogP contribution in [0.5, 0.6) is 0 Å². The molecular weight excluding hydrogens is 304 g/mol. The van der Waals surface area contributed by atoms with E-state index in [9.17, 15) is 0 Å². The van der Waals surface area contributed by atoms with E-state index in [1.165, 1.54) is 5.56 Å². The van der Waals surface area contributed by atoms with Gasteiger partial charge in [-0.25, -0.2) is 4.98 Å². The van der Waals surface area contributed by atoms with Crippen LogP contribution in [0, 0.1) is 0 Å². The minimum atomic E-state index is 0.0640. The van der Waals surface area contributed by atoms with Crippen LogP contribution in [-0.2, 0) is 19.4 Å². The molecule has 2 N–H and O–H groups in total. The van der Waals surface area contributed by atoms with Crippen LogP contribution in [0.1, 0.15) is 24.7 Å². The Morgan fingerprint density at radius 1 is 1.37 bits per heavy atom. The van der Waals surface area contributed by atoms with Crippen molar-refractivity contribution in [2.45, 2.75) is 38.8 Å². The lowest BCUT2D eigenvalue weighted by Gasteiger charge is -2.12. The summed E-state index contributed by atoms with van der Waals surface area (Å²) >= 11 is 3.48. The molecule has 0 saturated carbocycles. The molecule has 0 spiro atoms. The van der Waals surface area contributed by atoms with Crippen molar-refractivity contribution in [2.75, 3.05) is 0 Å². The van der Waals surface area contributed by atoms with Crippen molar-refractivity contribution in [2.24, 2.45) is 5.73 Å². The van der Waals surface area contributed by atoms with Gasteiger partial charge in [0.1, 0.15) is 12.2 Å². The first-order valence-electron chi connectivity index (χ1n) is 6.55. The summed E-state index contributed by atoms with van der Waals surface area (Å²) in [6.07, 6.45) is 4.26. The summed E-state index contributed by atoms with van der Waals surface area (Å²) in [5.41, 5.74) is 7.45. The first-order chi connectivity index (χ1) is 9.19. The van der Waals surface area contributed by atoms with E-state index in [2.05, 4.69) is 45.1 Å². The van der Waals surface area contributed by atoms with Crippen LogP contribution in [-0.4, -0.2) is 20.8 Å². The number of aromatic nitrogens is 3. The molecule has 1 unspecified atom stereocenters. The standard InChI is InChI=1S/C14H19BrN4/c1-2-6-19-14(17-10-18-19)9-13(16)8-11-4-3-5-12(15)7-11/h3-5,7,10,13H,2,6,8-9,16H2,1H3. The van der Waals surface area contributed by atoms with E-state index in [-0.39, 0.29) is 6.04 Å². The number of hydrogen-bond acceptors (Lipinski definition) is 3. The monoisotopic (exact) mass is 322 g/mol. The van der Waals surface area contributed by atoms with E-state index in [0.29, 0.717) is 0 Å². The van der Waals surface area contributed by atoms with E-state index in [0.717, 1.165) is 36.1 Å². The van der Waals surface area contributed by atoms with Crippen LogP contribution in [0.2, 0.25) is 0 Å². The fourth-order valence-corrected chi connectivity index (χ4v) is 2.56. The van der Waals surface area contributed by atoms with Crippen LogP contribution in [0.4, 0.5) is 0 Å². The lowest BCUT2D eigenvalue weighted by atomic mass is 10.0. The molecule has 0 radical (unpaired) electrons. The van der Waals surface area contributed by atoms with Crippen molar-refractivity contribution in [3.05, 3.63) is 46.5 Å². The zero-order valence-electron chi connectivity index (χ0n) is 11.1. The first kappa shape index (κ1) is 14.2. The molecule has 0 aliphatic carbocycles. The Bertz CT molecular complexity index is 524. The average molecular weight is 323 g/mol. The zero-order chi connectivity index (χ0) is 13.7.